The van der Waals surface area contributed by atoms with E-state index in [1.807, 2.05) is 0 Å². The van der Waals surface area contributed by atoms with Gasteiger partial charge in [-0.05, 0) is 116 Å². The zero-order valence-corrected chi connectivity index (χ0v) is 30.9. The zero-order chi connectivity index (χ0) is 36.4. The molecule has 2 aliphatic carbocycles. The SMILES string of the molecule is CC1(C)c2cc(N(c3ccc(-c4ccccc4)cc3)c3ccc(-c4ccccc4)cc3)ccc2-c2ccc(C3(C)c4ccccc4-c4ccccc43)cc21. The highest BCUT2D eigenvalue weighted by atomic mass is 15.1. The minimum atomic E-state index is -0.229. The Balaban J connectivity index is 1.07. The number of benzene rings is 8. The summed E-state index contributed by atoms with van der Waals surface area (Å²) in [5, 5.41) is 0. The number of anilines is 3. The molecule has 0 radical (unpaired) electrons. The lowest BCUT2D eigenvalue weighted by molar-refractivity contribution is 0.652. The Labute approximate surface area is 318 Å². The Morgan fingerprint density at radius 1 is 0.315 bits per heavy atom. The third kappa shape index (κ3) is 4.92. The van der Waals surface area contributed by atoms with E-state index in [-0.39, 0.29) is 10.8 Å². The summed E-state index contributed by atoms with van der Waals surface area (Å²) in [6.07, 6.45) is 0. The molecule has 0 aliphatic heterocycles. The van der Waals surface area contributed by atoms with E-state index in [0.29, 0.717) is 0 Å². The largest absolute Gasteiger partial charge is 0.310 e. The Bertz CT molecular complexity index is 2540. The molecule has 10 rings (SSSR count). The summed E-state index contributed by atoms with van der Waals surface area (Å²) >= 11 is 0. The van der Waals surface area contributed by atoms with E-state index < -0.39 is 0 Å². The van der Waals surface area contributed by atoms with E-state index in [0.717, 1.165) is 17.1 Å². The first-order valence-electron chi connectivity index (χ1n) is 19.0. The molecule has 258 valence electrons. The lowest BCUT2D eigenvalue weighted by Gasteiger charge is -2.31. The van der Waals surface area contributed by atoms with E-state index in [1.54, 1.807) is 0 Å². The van der Waals surface area contributed by atoms with E-state index in [9.17, 15) is 0 Å². The second-order valence-corrected chi connectivity index (χ2v) is 15.5. The van der Waals surface area contributed by atoms with Crippen LogP contribution in [0.2, 0.25) is 0 Å². The number of rotatable bonds is 6. The highest BCUT2D eigenvalue weighted by molar-refractivity contribution is 5.88. The maximum atomic E-state index is 2.51. The zero-order valence-electron chi connectivity index (χ0n) is 30.9. The van der Waals surface area contributed by atoms with Crippen LogP contribution < -0.4 is 4.90 Å². The second kappa shape index (κ2) is 12.3. The van der Waals surface area contributed by atoms with E-state index in [1.165, 1.54) is 72.3 Å². The van der Waals surface area contributed by atoms with Gasteiger partial charge in [0.15, 0.2) is 0 Å². The molecule has 1 nitrogen and oxygen atoms in total. The quantitative estimate of drug-likeness (QED) is 0.168. The maximum absolute atomic E-state index is 2.51. The highest BCUT2D eigenvalue weighted by Crippen LogP contribution is 2.56. The number of nitrogens with zero attached hydrogens (tertiary/aromatic N) is 1. The van der Waals surface area contributed by atoms with Crippen molar-refractivity contribution >= 4 is 17.1 Å². The molecule has 8 aromatic carbocycles. The van der Waals surface area contributed by atoms with Gasteiger partial charge >= 0.3 is 0 Å². The third-order valence-electron chi connectivity index (χ3n) is 12.2. The Morgan fingerprint density at radius 3 is 1.22 bits per heavy atom. The van der Waals surface area contributed by atoms with Gasteiger partial charge in [0.1, 0.15) is 0 Å². The van der Waals surface area contributed by atoms with Crippen LogP contribution in [-0.2, 0) is 10.8 Å². The van der Waals surface area contributed by atoms with Gasteiger partial charge in [-0.1, -0.05) is 172 Å². The lowest BCUT2D eigenvalue weighted by Crippen LogP contribution is -2.24. The van der Waals surface area contributed by atoms with Gasteiger partial charge in [-0.2, -0.15) is 0 Å². The van der Waals surface area contributed by atoms with Crippen molar-refractivity contribution in [3.63, 3.8) is 0 Å². The fourth-order valence-corrected chi connectivity index (χ4v) is 9.25. The Kier molecular flexibility index (Phi) is 7.35. The molecule has 0 aromatic heterocycles. The lowest BCUT2D eigenvalue weighted by atomic mass is 9.72. The molecule has 0 saturated carbocycles. The predicted molar refractivity (Wildman–Crippen MR) is 227 cm³/mol. The molecule has 0 N–H and O–H groups in total. The molecule has 0 saturated heterocycles. The van der Waals surface area contributed by atoms with Crippen molar-refractivity contribution in [2.24, 2.45) is 0 Å². The Hall–Kier alpha value is -6.44. The summed E-state index contributed by atoms with van der Waals surface area (Å²) in [5.41, 5.74) is 20.1. The first-order valence-corrected chi connectivity index (χ1v) is 19.0. The minimum Gasteiger partial charge on any atom is -0.310 e. The van der Waals surface area contributed by atoms with Crippen LogP contribution in [0.5, 0.6) is 0 Å². The Morgan fingerprint density at radius 2 is 0.704 bits per heavy atom. The van der Waals surface area contributed by atoms with Crippen LogP contribution >= 0.6 is 0 Å². The molecule has 0 unspecified atom stereocenters. The molecule has 0 bridgehead atoms. The summed E-state index contributed by atoms with van der Waals surface area (Å²) in [6, 6.07) is 71.5. The highest BCUT2D eigenvalue weighted by Gasteiger charge is 2.43. The summed E-state index contributed by atoms with van der Waals surface area (Å²) in [6.45, 7) is 7.21. The molecule has 0 heterocycles. The van der Waals surface area contributed by atoms with Crippen LogP contribution in [-0.4, -0.2) is 0 Å². The van der Waals surface area contributed by atoms with Gasteiger partial charge in [0.05, 0.1) is 0 Å². The summed E-state index contributed by atoms with van der Waals surface area (Å²) in [4.78, 5) is 2.40. The van der Waals surface area contributed by atoms with E-state index >= 15 is 0 Å². The molecule has 2 aliphatic rings. The van der Waals surface area contributed by atoms with Crippen LogP contribution in [0.25, 0.3) is 44.5 Å². The second-order valence-electron chi connectivity index (χ2n) is 15.5. The van der Waals surface area contributed by atoms with Crippen LogP contribution in [0.15, 0.2) is 194 Å². The van der Waals surface area contributed by atoms with Crippen LogP contribution in [0.1, 0.15) is 48.6 Å². The topological polar surface area (TPSA) is 3.24 Å². The van der Waals surface area contributed by atoms with Gasteiger partial charge in [-0.15, -0.1) is 0 Å². The van der Waals surface area contributed by atoms with Crippen molar-refractivity contribution in [3.05, 3.63) is 222 Å². The standard InChI is InChI=1S/C53H41N/c1-52(2)50-34-40(53(3)48-20-12-10-18-44(48)45-19-11-13-21-49(45)53)26-32-46(50)47-33-31-43(35-51(47)52)54(41-27-22-38(23-28-41)36-14-6-4-7-15-36)42-29-24-39(25-30-42)37-16-8-5-9-17-37/h4-35H,1-3H3. The molecular formula is C53H41N. The van der Waals surface area contributed by atoms with Crippen molar-refractivity contribution in [1.82, 2.24) is 0 Å². The average molecular weight is 692 g/mol. The first kappa shape index (κ1) is 32.2. The van der Waals surface area contributed by atoms with E-state index in [4.69, 9.17) is 0 Å². The average Bonchev–Trinajstić information content (AvgIpc) is 3.63. The van der Waals surface area contributed by atoms with Crippen LogP contribution in [0.4, 0.5) is 17.1 Å². The van der Waals surface area contributed by atoms with Crippen molar-refractivity contribution in [3.8, 4) is 44.5 Å². The molecule has 0 spiro atoms. The first-order chi connectivity index (χ1) is 26.4. The monoisotopic (exact) mass is 691 g/mol. The normalized spacial score (nSPS) is 14.1. The molecule has 0 amide bonds. The summed E-state index contributed by atoms with van der Waals surface area (Å²) < 4.78 is 0. The fourth-order valence-electron chi connectivity index (χ4n) is 9.25. The molecular weight excluding hydrogens is 651 g/mol. The van der Waals surface area contributed by atoms with Gasteiger partial charge in [0, 0.05) is 27.9 Å². The number of hydrogen-bond acceptors (Lipinski definition) is 1. The molecule has 54 heavy (non-hydrogen) atoms. The summed E-state index contributed by atoms with van der Waals surface area (Å²) in [7, 11) is 0. The molecule has 1 heteroatoms. The van der Waals surface area contributed by atoms with Gasteiger partial charge in [-0.3, -0.25) is 0 Å². The van der Waals surface area contributed by atoms with Gasteiger partial charge in [-0.25, -0.2) is 0 Å². The third-order valence-corrected chi connectivity index (χ3v) is 12.2. The van der Waals surface area contributed by atoms with Crippen molar-refractivity contribution in [2.45, 2.75) is 31.6 Å². The van der Waals surface area contributed by atoms with Crippen LogP contribution in [0, 0.1) is 0 Å². The van der Waals surface area contributed by atoms with Crippen molar-refractivity contribution in [1.29, 1.82) is 0 Å². The van der Waals surface area contributed by atoms with Gasteiger partial charge in [0.25, 0.3) is 0 Å². The van der Waals surface area contributed by atoms with Crippen molar-refractivity contribution < 1.29 is 0 Å². The van der Waals surface area contributed by atoms with Gasteiger partial charge < -0.3 is 4.90 Å². The fraction of sp³-hybridized carbons (Fsp3) is 0.0943. The maximum Gasteiger partial charge on any atom is 0.0465 e. The smallest absolute Gasteiger partial charge is 0.0465 e. The minimum absolute atomic E-state index is 0.190. The molecule has 8 aromatic rings. The van der Waals surface area contributed by atoms with Gasteiger partial charge in [0.2, 0.25) is 0 Å². The molecule has 0 fully saturated rings. The molecule has 0 atom stereocenters. The number of hydrogen-bond donors (Lipinski definition) is 0. The number of fused-ring (bicyclic) bond motifs is 6. The van der Waals surface area contributed by atoms with Crippen LogP contribution in [0.3, 0.4) is 0 Å². The predicted octanol–water partition coefficient (Wildman–Crippen LogP) is 14.1. The van der Waals surface area contributed by atoms with Crippen molar-refractivity contribution in [2.75, 3.05) is 4.90 Å². The van der Waals surface area contributed by atoms with E-state index in [2.05, 4.69) is 220 Å². The summed E-state index contributed by atoms with van der Waals surface area (Å²) in [5.74, 6) is 0.